The van der Waals surface area contributed by atoms with Crippen molar-refractivity contribution in [3.05, 3.63) is 22.3 Å². The van der Waals surface area contributed by atoms with Gasteiger partial charge in [-0.15, -0.1) is 0 Å². The van der Waals surface area contributed by atoms with Crippen molar-refractivity contribution in [2.75, 3.05) is 0 Å². The molecule has 0 N–H and O–H groups in total. The third-order valence-electron chi connectivity index (χ3n) is 8.09. The van der Waals surface area contributed by atoms with Crippen LogP contribution in [0.5, 0.6) is 11.5 Å². The first-order chi connectivity index (χ1) is 15.9. The maximum Gasteiger partial charge on any atom is 0.308 e. The van der Waals surface area contributed by atoms with Gasteiger partial charge in [0.25, 0.3) is 0 Å². The molecule has 34 heavy (non-hydrogen) atoms. The summed E-state index contributed by atoms with van der Waals surface area (Å²) in [4.78, 5) is 11.6. The van der Waals surface area contributed by atoms with Crippen molar-refractivity contribution in [2.24, 2.45) is 17.8 Å². The van der Waals surface area contributed by atoms with Gasteiger partial charge in [0.15, 0.2) is 0 Å². The van der Waals surface area contributed by atoms with Crippen LogP contribution in [0.1, 0.15) is 128 Å². The maximum absolute atomic E-state index is 11.6. The number of hydrogen-bond donors (Lipinski definition) is 0. The van der Waals surface area contributed by atoms with Gasteiger partial charge in [-0.3, -0.25) is 4.79 Å². The molecule has 3 heteroatoms. The number of unbranched alkanes of at least 4 members (excludes halogenated alkanes) is 1. The zero-order valence-corrected chi connectivity index (χ0v) is 23.7. The van der Waals surface area contributed by atoms with E-state index in [0.29, 0.717) is 0 Å². The summed E-state index contributed by atoms with van der Waals surface area (Å²) in [6, 6.07) is 0. The Morgan fingerprint density at radius 1 is 0.882 bits per heavy atom. The minimum atomic E-state index is -0.262. The second kappa shape index (κ2) is 13.0. The number of esters is 1. The molecular weight excluding hydrogens is 420 g/mol. The average molecular weight is 473 g/mol. The van der Waals surface area contributed by atoms with Crippen LogP contribution in [0.25, 0.3) is 0 Å². The monoisotopic (exact) mass is 472 g/mol. The summed E-state index contributed by atoms with van der Waals surface area (Å²) < 4.78 is 12.2. The normalized spacial score (nSPS) is 19.5. The molecule has 1 aromatic carbocycles. The first-order valence-electron chi connectivity index (χ1n) is 13.9. The van der Waals surface area contributed by atoms with Crippen LogP contribution < -0.4 is 9.47 Å². The Kier molecular flexibility index (Phi) is 11.0. The number of rotatable bonds is 13. The maximum atomic E-state index is 11.6. The zero-order valence-electron chi connectivity index (χ0n) is 23.7. The van der Waals surface area contributed by atoms with Gasteiger partial charge in [-0.1, -0.05) is 72.6 Å². The van der Waals surface area contributed by atoms with Gasteiger partial charge in [0.05, 0.1) is 0 Å². The molecule has 0 aliphatic carbocycles. The van der Waals surface area contributed by atoms with Crippen LogP contribution in [0.15, 0.2) is 0 Å². The highest BCUT2D eigenvalue weighted by Gasteiger charge is 2.34. The zero-order chi connectivity index (χ0) is 25.5. The Morgan fingerprint density at radius 2 is 1.50 bits per heavy atom. The van der Waals surface area contributed by atoms with Gasteiger partial charge in [0.1, 0.15) is 17.1 Å². The van der Waals surface area contributed by atoms with Crippen LogP contribution in [0.3, 0.4) is 0 Å². The molecule has 1 aliphatic heterocycles. The molecule has 194 valence electrons. The highest BCUT2D eigenvalue weighted by Crippen LogP contribution is 2.45. The van der Waals surface area contributed by atoms with Gasteiger partial charge in [-0.25, -0.2) is 0 Å². The topological polar surface area (TPSA) is 35.5 Å². The molecule has 0 aromatic heterocycles. The third kappa shape index (κ3) is 8.31. The third-order valence-corrected chi connectivity index (χ3v) is 8.09. The van der Waals surface area contributed by atoms with E-state index >= 15 is 0 Å². The summed E-state index contributed by atoms with van der Waals surface area (Å²) in [5, 5.41) is 0. The molecule has 0 bridgehead atoms. The number of carbonyl (C=O) groups is 1. The van der Waals surface area contributed by atoms with E-state index in [0.717, 1.165) is 65.2 Å². The summed E-state index contributed by atoms with van der Waals surface area (Å²) in [5.41, 5.74) is 4.30. The number of fused-ring (bicyclic) bond motifs is 1. The van der Waals surface area contributed by atoms with E-state index in [2.05, 4.69) is 48.5 Å². The molecule has 3 nitrogen and oxygen atoms in total. The van der Waals surface area contributed by atoms with Gasteiger partial charge in [0, 0.05) is 12.5 Å². The standard InChI is InChI=1S/C31H52O3/c1-21(2)16-17-23(4)15-12-14-22(3)13-10-11-19-31(9)20-18-28-26(7)29(33-27(8)32)24(5)25(6)30(28)34-31/h21-23H,10-20H2,1-9H3/t22?,23?,31-/m1/s1. The molecule has 2 unspecified atom stereocenters. The molecule has 0 fully saturated rings. The Labute approximate surface area is 210 Å². The quantitative estimate of drug-likeness (QED) is 0.163. The molecule has 1 aromatic rings. The van der Waals surface area contributed by atoms with E-state index in [1.54, 1.807) is 0 Å². The van der Waals surface area contributed by atoms with E-state index in [1.807, 2.05) is 6.92 Å². The van der Waals surface area contributed by atoms with Crippen LogP contribution in [-0.2, 0) is 11.2 Å². The molecule has 1 heterocycles. The summed E-state index contributed by atoms with van der Waals surface area (Å²) in [6.45, 7) is 19.5. The van der Waals surface area contributed by atoms with Crippen molar-refractivity contribution in [3.63, 3.8) is 0 Å². The predicted molar refractivity (Wildman–Crippen MR) is 144 cm³/mol. The van der Waals surface area contributed by atoms with Gasteiger partial charge in [-0.2, -0.15) is 0 Å². The van der Waals surface area contributed by atoms with Crippen molar-refractivity contribution >= 4 is 5.97 Å². The van der Waals surface area contributed by atoms with E-state index in [1.165, 1.54) is 63.9 Å². The van der Waals surface area contributed by atoms with Crippen molar-refractivity contribution in [3.8, 4) is 11.5 Å². The molecule has 3 atom stereocenters. The highest BCUT2D eigenvalue weighted by atomic mass is 16.5. The summed E-state index contributed by atoms with van der Waals surface area (Å²) >= 11 is 0. The van der Waals surface area contributed by atoms with E-state index in [4.69, 9.17) is 9.47 Å². The first kappa shape index (κ1) is 28.7. The van der Waals surface area contributed by atoms with Crippen molar-refractivity contribution < 1.29 is 14.3 Å². The SMILES string of the molecule is CC(=O)Oc1c(C)c(C)c2c(c1C)CC[C@@](C)(CCCCC(C)CCCC(C)CCC(C)C)O2. The van der Waals surface area contributed by atoms with Crippen LogP contribution in [-0.4, -0.2) is 11.6 Å². The molecule has 0 saturated heterocycles. The van der Waals surface area contributed by atoms with Crippen molar-refractivity contribution in [1.82, 2.24) is 0 Å². The highest BCUT2D eigenvalue weighted by molar-refractivity contribution is 5.72. The Balaban J connectivity index is 1.80. The number of benzene rings is 1. The van der Waals surface area contributed by atoms with E-state index in [9.17, 15) is 4.79 Å². The molecule has 0 spiro atoms. The molecule has 0 amide bonds. The lowest BCUT2D eigenvalue weighted by Gasteiger charge is -2.38. The van der Waals surface area contributed by atoms with Gasteiger partial charge in [0.2, 0.25) is 0 Å². The summed E-state index contributed by atoms with van der Waals surface area (Å²) in [7, 11) is 0. The fourth-order valence-corrected chi connectivity index (χ4v) is 5.47. The van der Waals surface area contributed by atoms with Gasteiger partial charge < -0.3 is 9.47 Å². The smallest absolute Gasteiger partial charge is 0.308 e. The van der Waals surface area contributed by atoms with Crippen LogP contribution in [0, 0.1) is 38.5 Å². The molecule has 1 aliphatic rings. The minimum absolute atomic E-state index is 0.103. The van der Waals surface area contributed by atoms with Crippen LogP contribution in [0.4, 0.5) is 0 Å². The second-order valence-corrected chi connectivity index (χ2v) is 12.0. The Hall–Kier alpha value is -1.51. The number of hydrogen-bond acceptors (Lipinski definition) is 3. The molecule has 0 saturated carbocycles. The number of carbonyl (C=O) groups excluding carboxylic acids is 1. The average Bonchev–Trinajstić information content (AvgIpc) is 2.76. The van der Waals surface area contributed by atoms with Gasteiger partial charge in [-0.05, 0) is 87.8 Å². The van der Waals surface area contributed by atoms with Crippen molar-refractivity contribution in [1.29, 1.82) is 0 Å². The lowest BCUT2D eigenvalue weighted by molar-refractivity contribution is -0.132. The Bertz CT molecular complexity index is 810. The van der Waals surface area contributed by atoms with Crippen LogP contribution in [0.2, 0.25) is 0 Å². The Morgan fingerprint density at radius 3 is 2.12 bits per heavy atom. The molecular formula is C31H52O3. The molecule has 2 rings (SSSR count). The first-order valence-corrected chi connectivity index (χ1v) is 13.9. The van der Waals surface area contributed by atoms with Crippen molar-refractivity contribution in [2.45, 2.75) is 139 Å². The minimum Gasteiger partial charge on any atom is -0.487 e. The number of ether oxygens (including phenoxy) is 2. The fraction of sp³-hybridized carbons (Fsp3) is 0.774. The van der Waals surface area contributed by atoms with Gasteiger partial charge >= 0.3 is 5.97 Å². The predicted octanol–water partition coefficient (Wildman–Crippen LogP) is 9.06. The largest absolute Gasteiger partial charge is 0.487 e. The molecule has 0 radical (unpaired) electrons. The summed E-state index contributed by atoms with van der Waals surface area (Å²) in [6.07, 6.45) is 13.9. The van der Waals surface area contributed by atoms with E-state index in [-0.39, 0.29) is 11.6 Å². The second-order valence-electron chi connectivity index (χ2n) is 12.0. The lowest BCUT2D eigenvalue weighted by Crippen LogP contribution is -2.37. The fourth-order valence-electron chi connectivity index (χ4n) is 5.47. The van der Waals surface area contributed by atoms with E-state index < -0.39 is 0 Å². The lowest BCUT2D eigenvalue weighted by atomic mass is 9.84. The summed E-state index contributed by atoms with van der Waals surface area (Å²) in [5.74, 6) is 4.02. The van der Waals surface area contributed by atoms with Crippen LogP contribution >= 0.6 is 0 Å².